The van der Waals surface area contributed by atoms with Crippen LogP contribution >= 0.6 is 11.6 Å². The van der Waals surface area contributed by atoms with Crippen LogP contribution in [0.15, 0.2) is 48.8 Å². The van der Waals surface area contributed by atoms with Crippen LogP contribution in [0.3, 0.4) is 0 Å². The maximum Gasteiger partial charge on any atom is 0.163 e. The minimum atomic E-state index is -0.769. The van der Waals surface area contributed by atoms with E-state index < -0.39 is 5.41 Å². The van der Waals surface area contributed by atoms with E-state index in [1.807, 2.05) is 19.9 Å². The highest BCUT2D eigenvalue weighted by atomic mass is 35.5. The number of para-hydroxylation sites is 1. The van der Waals surface area contributed by atoms with Crippen molar-refractivity contribution in [1.29, 1.82) is 0 Å². The molecule has 0 fully saturated rings. The van der Waals surface area contributed by atoms with Crippen LogP contribution in [0.25, 0.3) is 33.5 Å². The lowest BCUT2D eigenvalue weighted by Gasteiger charge is -2.24. The monoisotopic (exact) mass is 433 g/mol. The van der Waals surface area contributed by atoms with E-state index in [0.29, 0.717) is 50.0 Å². The first-order valence-electron chi connectivity index (χ1n) is 9.54. The fourth-order valence-corrected chi connectivity index (χ4v) is 3.78. The van der Waals surface area contributed by atoms with E-state index >= 15 is 0 Å². The first-order chi connectivity index (χ1) is 14.8. The number of nitrogens with one attached hydrogen (secondary N) is 1. The summed E-state index contributed by atoms with van der Waals surface area (Å²) in [7, 11) is 0. The minimum absolute atomic E-state index is 0.279. The zero-order valence-electron chi connectivity index (χ0n) is 16.7. The molecule has 0 bridgehead atoms. The first-order valence-corrected chi connectivity index (χ1v) is 9.92. The van der Waals surface area contributed by atoms with E-state index in [1.54, 1.807) is 24.3 Å². The molecule has 3 N–H and O–H groups in total. The highest BCUT2D eigenvalue weighted by Gasteiger charge is 2.33. The number of imidazole rings is 1. The van der Waals surface area contributed by atoms with Crippen molar-refractivity contribution < 1.29 is 4.39 Å². The number of aromatic nitrogens is 6. The summed E-state index contributed by atoms with van der Waals surface area (Å²) in [5.41, 5.74) is 9.10. The van der Waals surface area contributed by atoms with Crippen molar-refractivity contribution in [3.05, 3.63) is 71.2 Å². The predicted octanol–water partition coefficient (Wildman–Crippen LogP) is 4.66. The van der Waals surface area contributed by atoms with Gasteiger partial charge in [-0.3, -0.25) is 0 Å². The quantitative estimate of drug-likeness (QED) is 0.428. The molecule has 9 heteroatoms. The second-order valence-electron chi connectivity index (χ2n) is 7.71. The van der Waals surface area contributed by atoms with Crippen LogP contribution in [0.1, 0.15) is 25.4 Å². The molecule has 0 spiro atoms. The van der Waals surface area contributed by atoms with Gasteiger partial charge in [0, 0.05) is 5.56 Å². The number of H-pyrrole nitrogens is 1. The number of nitrogens with two attached hydrogens (primary N) is 1. The summed E-state index contributed by atoms with van der Waals surface area (Å²) in [6.07, 6.45) is 1.38. The van der Waals surface area contributed by atoms with Crippen molar-refractivity contribution in [3.8, 4) is 11.3 Å². The Bertz CT molecular complexity index is 1460. The number of hydrogen-bond donors (Lipinski definition) is 2. The van der Waals surface area contributed by atoms with Crippen LogP contribution in [0.4, 0.5) is 10.2 Å². The van der Waals surface area contributed by atoms with Gasteiger partial charge in [0.1, 0.15) is 29.0 Å². The van der Waals surface area contributed by atoms with Crippen LogP contribution < -0.4 is 5.73 Å². The average molecular weight is 434 g/mol. The number of fused-ring (bicyclic) bond motifs is 2. The molecule has 0 unspecified atom stereocenters. The number of aromatic amines is 1. The third-order valence-corrected chi connectivity index (χ3v) is 5.54. The maximum absolute atomic E-state index is 14.0. The fraction of sp³-hybridized carbons (Fsp3) is 0.136. The molecule has 0 aliphatic rings. The summed E-state index contributed by atoms with van der Waals surface area (Å²) >= 11 is 6.41. The molecule has 0 aliphatic carbocycles. The van der Waals surface area contributed by atoms with E-state index in [0.717, 1.165) is 0 Å². The standard InChI is InChI=1S/C22H17ClFN7/c1-22(2,21-30-17-19(25)26-10-27-20(17)31-21)18-15(11-5-3-6-12(24)9-11)28-14-8-4-7-13(23)16(14)29-18/h3-10H,1-2H3,(H3,25,26,27,30,31). The van der Waals surface area contributed by atoms with Crippen molar-refractivity contribution in [2.75, 3.05) is 5.73 Å². The van der Waals surface area contributed by atoms with Crippen LogP contribution in [0.2, 0.25) is 5.02 Å². The van der Waals surface area contributed by atoms with Gasteiger partial charge in [-0.05, 0) is 38.1 Å². The van der Waals surface area contributed by atoms with E-state index in [4.69, 9.17) is 27.3 Å². The normalized spacial score (nSPS) is 12.0. The molecular weight excluding hydrogens is 417 g/mol. The number of halogens is 2. The van der Waals surface area contributed by atoms with Gasteiger partial charge in [-0.15, -0.1) is 0 Å². The van der Waals surface area contributed by atoms with Crippen LogP contribution in [0, 0.1) is 5.82 Å². The zero-order chi connectivity index (χ0) is 21.8. The Kier molecular flexibility index (Phi) is 4.33. The van der Waals surface area contributed by atoms with Crippen LogP contribution in [0.5, 0.6) is 0 Å². The van der Waals surface area contributed by atoms with Crippen molar-refractivity contribution in [2.45, 2.75) is 19.3 Å². The smallest absolute Gasteiger partial charge is 0.163 e. The Balaban J connectivity index is 1.81. The Labute approximate surface area is 181 Å². The lowest BCUT2D eigenvalue weighted by atomic mass is 9.85. The van der Waals surface area contributed by atoms with Gasteiger partial charge in [0.2, 0.25) is 0 Å². The van der Waals surface area contributed by atoms with Gasteiger partial charge in [0.15, 0.2) is 11.5 Å². The van der Waals surface area contributed by atoms with Crippen LogP contribution in [-0.4, -0.2) is 29.9 Å². The summed E-state index contributed by atoms with van der Waals surface area (Å²) in [4.78, 5) is 25.7. The number of rotatable bonds is 3. The number of nitrogen functional groups attached to an aromatic ring is 1. The molecule has 0 amide bonds. The van der Waals surface area contributed by atoms with Crippen molar-refractivity contribution in [2.24, 2.45) is 0 Å². The SMILES string of the molecule is CC(C)(c1nc2c(N)ncnc2[nH]1)c1nc2c(Cl)cccc2nc1-c1cccc(F)c1. The Morgan fingerprint density at radius 1 is 1.00 bits per heavy atom. The Morgan fingerprint density at radius 3 is 2.58 bits per heavy atom. The molecule has 7 nitrogen and oxygen atoms in total. The van der Waals surface area contributed by atoms with Gasteiger partial charge < -0.3 is 10.7 Å². The topological polar surface area (TPSA) is 106 Å². The zero-order valence-corrected chi connectivity index (χ0v) is 17.4. The molecule has 0 radical (unpaired) electrons. The van der Waals surface area contributed by atoms with Crippen LogP contribution in [-0.2, 0) is 5.41 Å². The van der Waals surface area contributed by atoms with E-state index in [9.17, 15) is 4.39 Å². The van der Waals surface area contributed by atoms with Crippen molar-refractivity contribution in [3.63, 3.8) is 0 Å². The molecule has 2 aromatic carbocycles. The predicted molar refractivity (Wildman–Crippen MR) is 118 cm³/mol. The molecular formula is C22H17ClFN7. The van der Waals surface area contributed by atoms with E-state index in [1.165, 1.54) is 18.5 Å². The molecule has 0 atom stereocenters. The number of hydrogen-bond acceptors (Lipinski definition) is 6. The molecule has 154 valence electrons. The molecule has 0 saturated carbocycles. The molecule has 0 saturated heterocycles. The van der Waals surface area contributed by atoms with Gasteiger partial charge in [-0.2, -0.15) is 0 Å². The Morgan fingerprint density at radius 2 is 1.81 bits per heavy atom. The maximum atomic E-state index is 14.0. The average Bonchev–Trinajstić information content (AvgIpc) is 3.20. The molecule has 5 aromatic rings. The molecule has 0 aliphatic heterocycles. The Hall–Kier alpha value is -3.65. The van der Waals surface area contributed by atoms with Crippen molar-refractivity contribution in [1.82, 2.24) is 29.9 Å². The first kappa shape index (κ1) is 19.3. The summed E-state index contributed by atoms with van der Waals surface area (Å²) in [5, 5.41) is 0.479. The van der Waals surface area contributed by atoms with Gasteiger partial charge in [-0.1, -0.05) is 29.8 Å². The summed E-state index contributed by atoms with van der Waals surface area (Å²) in [6, 6.07) is 11.6. The highest BCUT2D eigenvalue weighted by molar-refractivity contribution is 6.34. The lowest BCUT2D eigenvalue weighted by Crippen LogP contribution is -2.24. The largest absolute Gasteiger partial charge is 0.382 e. The number of nitrogens with zero attached hydrogens (tertiary/aromatic N) is 5. The van der Waals surface area contributed by atoms with Gasteiger partial charge in [-0.25, -0.2) is 29.3 Å². The third-order valence-electron chi connectivity index (χ3n) is 5.24. The number of anilines is 1. The van der Waals surface area contributed by atoms with Gasteiger partial charge in [0.05, 0.1) is 27.3 Å². The van der Waals surface area contributed by atoms with E-state index in [-0.39, 0.29) is 11.6 Å². The third kappa shape index (κ3) is 3.16. The number of benzene rings is 2. The second kappa shape index (κ2) is 6.95. The summed E-state index contributed by atoms with van der Waals surface area (Å²) in [6.45, 7) is 3.90. The second-order valence-corrected chi connectivity index (χ2v) is 8.11. The van der Waals surface area contributed by atoms with Crippen molar-refractivity contribution >= 4 is 39.6 Å². The van der Waals surface area contributed by atoms with Gasteiger partial charge >= 0.3 is 0 Å². The molecule has 5 rings (SSSR count). The van der Waals surface area contributed by atoms with Gasteiger partial charge in [0.25, 0.3) is 0 Å². The lowest BCUT2D eigenvalue weighted by molar-refractivity contribution is 0.582. The van der Waals surface area contributed by atoms with E-state index in [2.05, 4.69) is 19.9 Å². The minimum Gasteiger partial charge on any atom is -0.382 e. The molecule has 31 heavy (non-hydrogen) atoms. The summed E-state index contributed by atoms with van der Waals surface area (Å²) < 4.78 is 14.0. The fourth-order valence-electron chi connectivity index (χ4n) is 3.57. The highest BCUT2D eigenvalue weighted by Crippen LogP contribution is 2.37. The summed E-state index contributed by atoms with van der Waals surface area (Å²) in [5.74, 6) is 0.496. The molecule has 3 aromatic heterocycles. The molecule has 3 heterocycles.